The van der Waals surface area contributed by atoms with E-state index in [4.69, 9.17) is 4.98 Å². The van der Waals surface area contributed by atoms with Gasteiger partial charge in [-0.25, -0.2) is 4.98 Å². The SMILES string of the molecule is CCc1ccc2nc(C3NCCCC3(C)C)[nH]c2c1. The third-order valence-corrected chi connectivity index (χ3v) is 4.37. The van der Waals surface area contributed by atoms with Gasteiger partial charge in [-0.15, -0.1) is 0 Å². The first-order valence-corrected chi connectivity index (χ1v) is 7.32. The van der Waals surface area contributed by atoms with Crippen molar-refractivity contribution >= 4 is 11.0 Å². The molecule has 1 aliphatic rings. The summed E-state index contributed by atoms with van der Waals surface area (Å²) in [5.74, 6) is 1.09. The summed E-state index contributed by atoms with van der Waals surface area (Å²) in [6.07, 6.45) is 3.57. The Labute approximate surface area is 114 Å². The molecule has 0 spiro atoms. The van der Waals surface area contributed by atoms with Gasteiger partial charge in [-0.05, 0) is 48.9 Å². The predicted molar refractivity (Wildman–Crippen MR) is 79.2 cm³/mol. The molecule has 0 bridgehead atoms. The van der Waals surface area contributed by atoms with E-state index >= 15 is 0 Å². The third kappa shape index (κ3) is 2.27. The maximum Gasteiger partial charge on any atom is 0.125 e. The molecule has 2 aromatic rings. The van der Waals surface area contributed by atoms with Gasteiger partial charge in [0.25, 0.3) is 0 Å². The summed E-state index contributed by atoms with van der Waals surface area (Å²) in [7, 11) is 0. The van der Waals surface area contributed by atoms with E-state index in [0.717, 1.165) is 29.8 Å². The van der Waals surface area contributed by atoms with E-state index in [1.54, 1.807) is 0 Å². The molecule has 0 saturated carbocycles. The number of piperidine rings is 1. The molecule has 0 amide bonds. The molecule has 3 heteroatoms. The second-order valence-electron chi connectivity index (χ2n) is 6.31. The molecule has 1 aliphatic heterocycles. The number of aromatic amines is 1. The number of H-pyrrole nitrogens is 1. The minimum Gasteiger partial charge on any atom is -0.341 e. The van der Waals surface area contributed by atoms with E-state index in [0.29, 0.717) is 6.04 Å². The molecule has 1 aromatic carbocycles. The van der Waals surface area contributed by atoms with Crippen LogP contribution in [0.1, 0.15) is 51.0 Å². The molecule has 1 atom stereocenters. The first-order chi connectivity index (χ1) is 9.10. The minimum absolute atomic E-state index is 0.264. The quantitative estimate of drug-likeness (QED) is 0.863. The Kier molecular flexibility index (Phi) is 3.09. The van der Waals surface area contributed by atoms with E-state index in [-0.39, 0.29) is 5.41 Å². The smallest absolute Gasteiger partial charge is 0.125 e. The largest absolute Gasteiger partial charge is 0.341 e. The molecule has 1 unspecified atom stereocenters. The molecule has 2 heterocycles. The van der Waals surface area contributed by atoms with Crippen LogP contribution in [-0.4, -0.2) is 16.5 Å². The van der Waals surface area contributed by atoms with Gasteiger partial charge in [-0.2, -0.15) is 0 Å². The summed E-state index contributed by atoms with van der Waals surface area (Å²) >= 11 is 0. The van der Waals surface area contributed by atoms with Crippen molar-refractivity contribution in [1.29, 1.82) is 0 Å². The Bertz CT molecular complexity index is 583. The van der Waals surface area contributed by atoms with Crippen LogP contribution in [0.5, 0.6) is 0 Å². The van der Waals surface area contributed by atoms with Gasteiger partial charge < -0.3 is 10.3 Å². The Morgan fingerprint density at radius 3 is 2.95 bits per heavy atom. The van der Waals surface area contributed by atoms with E-state index in [9.17, 15) is 0 Å². The number of nitrogens with one attached hydrogen (secondary N) is 2. The number of fused-ring (bicyclic) bond motifs is 1. The van der Waals surface area contributed by atoms with Crippen molar-refractivity contribution in [3.8, 4) is 0 Å². The number of nitrogens with zero attached hydrogens (tertiary/aromatic N) is 1. The van der Waals surface area contributed by atoms with Crippen molar-refractivity contribution < 1.29 is 0 Å². The highest BCUT2D eigenvalue weighted by Crippen LogP contribution is 2.39. The average molecular weight is 257 g/mol. The van der Waals surface area contributed by atoms with Crippen molar-refractivity contribution in [1.82, 2.24) is 15.3 Å². The van der Waals surface area contributed by atoms with E-state index < -0.39 is 0 Å². The minimum atomic E-state index is 0.264. The van der Waals surface area contributed by atoms with Gasteiger partial charge >= 0.3 is 0 Å². The molecule has 102 valence electrons. The van der Waals surface area contributed by atoms with Crippen molar-refractivity contribution in [2.45, 2.75) is 46.1 Å². The van der Waals surface area contributed by atoms with Gasteiger partial charge in [-0.1, -0.05) is 26.8 Å². The fraction of sp³-hybridized carbons (Fsp3) is 0.562. The van der Waals surface area contributed by atoms with E-state index in [1.165, 1.54) is 18.4 Å². The number of imidazole rings is 1. The number of hydrogen-bond donors (Lipinski definition) is 2. The topological polar surface area (TPSA) is 40.7 Å². The molecule has 3 nitrogen and oxygen atoms in total. The Hall–Kier alpha value is -1.35. The van der Waals surface area contributed by atoms with Gasteiger partial charge in [0, 0.05) is 0 Å². The summed E-state index contributed by atoms with van der Waals surface area (Å²) in [4.78, 5) is 8.31. The molecule has 1 saturated heterocycles. The van der Waals surface area contributed by atoms with Crippen LogP contribution in [0.25, 0.3) is 11.0 Å². The number of aromatic nitrogens is 2. The maximum absolute atomic E-state index is 4.79. The van der Waals surface area contributed by atoms with Gasteiger partial charge in [0.05, 0.1) is 17.1 Å². The van der Waals surface area contributed by atoms with Gasteiger partial charge in [0.1, 0.15) is 5.82 Å². The van der Waals surface area contributed by atoms with Crippen molar-refractivity contribution in [3.63, 3.8) is 0 Å². The fourth-order valence-corrected chi connectivity index (χ4v) is 3.11. The monoisotopic (exact) mass is 257 g/mol. The number of benzene rings is 1. The number of hydrogen-bond acceptors (Lipinski definition) is 2. The second-order valence-corrected chi connectivity index (χ2v) is 6.31. The first-order valence-electron chi connectivity index (χ1n) is 7.32. The average Bonchev–Trinajstić information content (AvgIpc) is 2.80. The highest BCUT2D eigenvalue weighted by Gasteiger charge is 2.35. The van der Waals surface area contributed by atoms with Crippen molar-refractivity contribution in [2.24, 2.45) is 5.41 Å². The second kappa shape index (κ2) is 4.64. The van der Waals surface area contributed by atoms with Crippen LogP contribution in [0.3, 0.4) is 0 Å². The third-order valence-electron chi connectivity index (χ3n) is 4.37. The molecule has 1 aromatic heterocycles. The number of rotatable bonds is 2. The van der Waals surface area contributed by atoms with Crippen LogP contribution in [0.2, 0.25) is 0 Å². The lowest BCUT2D eigenvalue weighted by atomic mass is 9.77. The summed E-state index contributed by atoms with van der Waals surface area (Å²) < 4.78 is 0. The van der Waals surface area contributed by atoms with Crippen LogP contribution in [0.15, 0.2) is 18.2 Å². The van der Waals surface area contributed by atoms with Gasteiger partial charge in [0.2, 0.25) is 0 Å². The lowest BCUT2D eigenvalue weighted by molar-refractivity contribution is 0.175. The highest BCUT2D eigenvalue weighted by molar-refractivity contribution is 5.76. The van der Waals surface area contributed by atoms with Crippen LogP contribution >= 0.6 is 0 Å². The van der Waals surface area contributed by atoms with Crippen LogP contribution < -0.4 is 5.32 Å². The zero-order valence-electron chi connectivity index (χ0n) is 12.1. The summed E-state index contributed by atoms with van der Waals surface area (Å²) in [6.45, 7) is 7.93. The summed E-state index contributed by atoms with van der Waals surface area (Å²) in [5.41, 5.74) is 3.87. The lowest BCUT2D eigenvalue weighted by Crippen LogP contribution is -2.40. The lowest BCUT2D eigenvalue weighted by Gasteiger charge is -2.38. The zero-order chi connectivity index (χ0) is 13.5. The Morgan fingerprint density at radius 1 is 1.37 bits per heavy atom. The molecular weight excluding hydrogens is 234 g/mol. The molecule has 2 N–H and O–H groups in total. The molecular formula is C16H23N3. The van der Waals surface area contributed by atoms with Crippen LogP contribution in [-0.2, 0) is 6.42 Å². The molecule has 0 radical (unpaired) electrons. The normalized spacial score (nSPS) is 22.8. The predicted octanol–water partition coefficient (Wildman–Crippen LogP) is 3.58. The van der Waals surface area contributed by atoms with Crippen molar-refractivity contribution in [3.05, 3.63) is 29.6 Å². The molecule has 3 rings (SSSR count). The zero-order valence-corrected chi connectivity index (χ0v) is 12.1. The van der Waals surface area contributed by atoms with Crippen LogP contribution in [0, 0.1) is 5.41 Å². The fourth-order valence-electron chi connectivity index (χ4n) is 3.11. The number of aryl methyl sites for hydroxylation is 1. The Morgan fingerprint density at radius 2 is 2.21 bits per heavy atom. The summed E-state index contributed by atoms with van der Waals surface area (Å²) in [6, 6.07) is 6.86. The van der Waals surface area contributed by atoms with Crippen LogP contribution in [0.4, 0.5) is 0 Å². The van der Waals surface area contributed by atoms with E-state index in [2.05, 4.69) is 49.3 Å². The highest BCUT2D eigenvalue weighted by atomic mass is 15.0. The van der Waals surface area contributed by atoms with Gasteiger partial charge in [0.15, 0.2) is 0 Å². The Balaban J connectivity index is 2.00. The van der Waals surface area contributed by atoms with E-state index in [1.807, 2.05) is 0 Å². The first kappa shape index (κ1) is 12.7. The summed E-state index contributed by atoms with van der Waals surface area (Å²) in [5, 5.41) is 3.62. The molecule has 1 fully saturated rings. The van der Waals surface area contributed by atoms with Crippen molar-refractivity contribution in [2.75, 3.05) is 6.54 Å². The van der Waals surface area contributed by atoms with Gasteiger partial charge in [-0.3, -0.25) is 0 Å². The maximum atomic E-state index is 4.79. The molecule has 19 heavy (non-hydrogen) atoms. The molecule has 0 aliphatic carbocycles. The standard InChI is InChI=1S/C16H23N3/c1-4-11-6-7-12-13(10-11)19-15(18-12)14-16(2,3)8-5-9-17-14/h6-7,10,14,17H,4-5,8-9H2,1-3H3,(H,18,19).